The summed E-state index contributed by atoms with van der Waals surface area (Å²) in [7, 11) is 0. The number of rotatable bonds is 3. The first-order valence-corrected chi connectivity index (χ1v) is 5.70. The van der Waals surface area contributed by atoms with Gasteiger partial charge in [0, 0.05) is 6.07 Å². The molecule has 1 amide bonds. The maximum absolute atomic E-state index is 11.9. The molecule has 0 fully saturated rings. The van der Waals surface area contributed by atoms with E-state index in [4.69, 9.17) is 21.9 Å². The first kappa shape index (κ1) is 12.4. The first-order chi connectivity index (χ1) is 8.58. The van der Waals surface area contributed by atoms with Crippen LogP contribution >= 0.6 is 11.6 Å². The van der Waals surface area contributed by atoms with Crippen molar-refractivity contribution in [2.75, 3.05) is 5.73 Å². The van der Waals surface area contributed by atoms with Crippen LogP contribution < -0.4 is 11.1 Å². The Hall–Kier alpha value is -2.01. The van der Waals surface area contributed by atoms with E-state index in [-0.39, 0.29) is 17.5 Å². The van der Waals surface area contributed by atoms with Crippen molar-refractivity contribution in [3.63, 3.8) is 0 Å². The van der Waals surface area contributed by atoms with E-state index in [1.54, 1.807) is 31.2 Å². The number of nitrogen functional groups attached to an aromatic ring is 1. The third-order valence-corrected chi connectivity index (χ3v) is 2.80. The molecule has 2 aromatic rings. The molecule has 0 unspecified atom stereocenters. The Morgan fingerprint density at radius 1 is 1.56 bits per heavy atom. The topological polar surface area (TPSA) is 81.2 Å². The number of halogens is 1. The fourth-order valence-corrected chi connectivity index (χ4v) is 1.70. The molecule has 0 spiro atoms. The first-order valence-electron chi connectivity index (χ1n) is 5.32. The molecule has 1 heterocycles. The fraction of sp³-hybridized carbons (Fsp3) is 0.167. The Labute approximate surface area is 109 Å². The second-order valence-corrected chi connectivity index (χ2v) is 4.20. The maximum Gasteiger partial charge on any atom is 0.253 e. The Bertz CT molecular complexity index is 580. The number of carbonyl (C=O) groups excluding carboxylic acids is 1. The molecule has 0 aliphatic carbocycles. The Balaban J connectivity index is 2.06. The highest BCUT2D eigenvalue weighted by Crippen LogP contribution is 2.22. The largest absolute Gasteiger partial charge is 0.398 e. The van der Waals surface area contributed by atoms with Crippen LogP contribution in [-0.2, 0) is 6.54 Å². The summed E-state index contributed by atoms with van der Waals surface area (Å²) in [4.78, 5) is 11.9. The Morgan fingerprint density at radius 2 is 2.33 bits per heavy atom. The van der Waals surface area contributed by atoms with Gasteiger partial charge in [-0.15, -0.1) is 0 Å². The Kier molecular flexibility index (Phi) is 3.53. The summed E-state index contributed by atoms with van der Waals surface area (Å²) in [5.74, 6) is 0.397. The van der Waals surface area contributed by atoms with Gasteiger partial charge in [0.05, 0.1) is 22.8 Å². The number of aryl methyl sites for hydroxylation is 1. The molecular formula is C12H12ClN3O2. The van der Waals surface area contributed by atoms with Crippen LogP contribution in [0, 0.1) is 6.92 Å². The van der Waals surface area contributed by atoms with Crippen LogP contribution in [0.3, 0.4) is 0 Å². The molecule has 5 nitrogen and oxygen atoms in total. The van der Waals surface area contributed by atoms with Crippen molar-refractivity contribution < 1.29 is 9.32 Å². The van der Waals surface area contributed by atoms with Crippen LogP contribution in [-0.4, -0.2) is 11.1 Å². The van der Waals surface area contributed by atoms with E-state index in [0.717, 1.165) is 0 Å². The van der Waals surface area contributed by atoms with Crippen molar-refractivity contribution in [3.8, 4) is 0 Å². The van der Waals surface area contributed by atoms with Crippen LogP contribution in [0.15, 0.2) is 28.8 Å². The van der Waals surface area contributed by atoms with Gasteiger partial charge < -0.3 is 15.6 Å². The zero-order chi connectivity index (χ0) is 13.1. The second kappa shape index (κ2) is 5.10. The molecule has 2 rings (SSSR count). The molecule has 0 aliphatic heterocycles. The van der Waals surface area contributed by atoms with Gasteiger partial charge in [0.1, 0.15) is 11.5 Å². The summed E-state index contributed by atoms with van der Waals surface area (Å²) in [6.07, 6.45) is 0. The molecule has 0 aliphatic rings. The summed E-state index contributed by atoms with van der Waals surface area (Å²) in [5, 5.41) is 6.73. The fourth-order valence-electron chi connectivity index (χ4n) is 1.49. The lowest BCUT2D eigenvalue weighted by atomic mass is 10.2. The molecule has 0 bridgehead atoms. The van der Waals surface area contributed by atoms with Crippen LogP contribution in [0.25, 0.3) is 0 Å². The minimum atomic E-state index is -0.298. The van der Waals surface area contributed by atoms with E-state index in [9.17, 15) is 4.79 Å². The predicted molar refractivity (Wildman–Crippen MR) is 68.3 cm³/mol. The van der Waals surface area contributed by atoms with Crippen molar-refractivity contribution in [3.05, 3.63) is 46.3 Å². The number of anilines is 1. The molecule has 1 aromatic heterocycles. The summed E-state index contributed by atoms with van der Waals surface area (Å²) < 4.78 is 4.90. The quantitative estimate of drug-likeness (QED) is 0.833. The monoisotopic (exact) mass is 265 g/mol. The highest BCUT2D eigenvalue weighted by molar-refractivity contribution is 6.36. The molecular weight excluding hydrogens is 254 g/mol. The number of nitrogens with two attached hydrogens (primary N) is 1. The molecule has 94 valence electrons. The number of amides is 1. The maximum atomic E-state index is 11.9. The smallest absolute Gasteiger partial charge is 0.253 e. The minimum Gasteiger partial charge on any atom is -0.398 e. The Morgan fingerprint density at radius 3 is 3.00 bits per heavy atom. The van der Waals surface area contributed by atoms with Crippen molar-refractivity contribution in [1.29, 1.82) is 0 Å². The van der Waals surface area contributed by atoms with E-state index < -0.39 is 0 Å². The van der Waals surface area contributed by atoms with Gasteiger partial charge in [-0.2, -0.15) is 0 Å². The number of aromatic nitrogens is 1. The molecule has 3 N–H and O–H groups in total. The van der Waals surface area contributed by atoms with Gasteiger partial charge in [0.15, 0.2) is 0 Å². The van der Waals surface area contributed by atoms with Gasteiger partial charge in [0.25, 0.3) is 5.91 Å². The normalized spacial score (nSPS) is 10.3. The average molecular weight is 266 g/mol. The SMILES string of the molecule is Cc1cc(CNC(=O)c2cccc(N)c2Cl)no1. The zero-order valence-electron chi connectivity index (χ0n) is 9.74. The summed E-state index contributed by atoms with van der Waals surface area (Å²) >= 11 is 5.95. The molecule has 18 heavy (non-hydrogen) atoms. The minimum absolute atomic E-state index is 0.256. The van der Waals surface area contributed by atoms with E-state index >= 15 is 0 Å². The number of nitrogens with zero attached hydrogens (tertiary/aromatic N) is 1. The van der Waals surface area contributed by atoms with Crippen LogP contribution in [0.2, 0.25) is 5.02 Å². The van der Waals surface area contributed by atoms with E-state index in [0.29, 0.717) is 22.7 Å². The zero-order valence-corrected chi connectivity index (χ0v) is 10.5. The van der Waals surface area contributed by atoms with E-state index in [1.807, 2.05) is 0 Å². The summed E-state index contributed by atoms with van der Waals surface area (Å²) in [6, 6.07) is 6.68. The van der Waals surface area contributed by atoms with Crippen molar-refractivity contribution in [1.82, 2.24) is 10.5 Å². The lowest BCUT2D eigenvalue weighted by Gasteiger charge is -2.06. The number of benzene rings is 1. The molecule has 6 heteroatoms. The van der Waals surface area contributed by atoms with Crippen LogP contribution in [0.1, 0.15) is 21.8 Å². The number of nitrogens with one attached hydrogen (secondary N) is 1. The van der Waals surface area contributed by atoms with Crippen LogP contribution in [0.5, 0.6) is 0 Å². The molecule has 0 saturated heterocycles. The summed E-state index contributed by atoms with van der Waals surface area (Å²) in [5.41, 5.74) is 7.00. The van der Waals surface area contributed by atoms with Gasteiger partial charge in [-0.3, -0.25) is 4.79 Å². The van der Waals surface area contributed by atoms with E-state index in [1.165, 1.54) is 0 Å². The summed E-state index contributed by atoms with van der Waals surface area (Å²) in [6.45, 7) is 2.06. The van der Waals surface area contributed by atoms with Gasteiger partial charge in [-0.25, -0.2) is 0 Å². The standard InChI is InChI=1S/C12H12ClN3O2/c1-7-5-8(16-18-7)6-15-12(17)9-3-2-4-10(14)11(9)13/h2-5H,6,14H2,1H3,(H,15,17). The van der Waals surface area contributed by atoms with Crippen LogP contribution in [0.4, 0.5) is 5.69 Å². The molecule has 0 atom stereocenters. The average Bonchev–Trinajstić information content (AvgIpc) is 2.76. The molecule has 0 radical (unpaired) electrons. The van der Waals surface area contributed by atoms with Gasteiger partial charge >= 0.3 is 0 Å². The van der Waals surface area contributed by atoms with Crippen molar-refractivity contribution in [2.24, 2.45) is 0 Å². The lowest BCUT2D eigenvalue weighted by Crippen LogP contribution is -2.23. The second-order valence-electron chi connectivity index (χ2n) is 3.82. The third kappa shape index (κ3) is 2.62. The lowest BCUT2D eigenvalue weighted by molar-refractivity contribution is 0.0950. The number of hydrogen-bond donors (Lipinski definition) is 2. The van der Waals surface area contributed by atoms with Gasteiger partial charge in [0.2, 0.25) is 0 Å². The third-order valence-electron chi connectivity index (χ3n) is 2.38. The van der Waals surface area contributed by atoms with E-state index in [2.05, 4.69) is 10.5 Å². The molecule has 0 saturated carbocycles. The van der Waals surface area contributed by atoms with Gasteiger partial charge in [-0.05, 0) is 19.1 Å². The number of hydrogen-bond acceptors (Lipinski definition) is 4. The highest BCUT2D eigenvalue weighted by atomic mass is 35.5. The molecule has 1 aromatic carbocycles. The number of carbonyl (C=O) groups is 1. The van der Waals surface area contributed by atoms with Gasteiger partial charge in [-0.1, -0.05) is 22.8 Å². The van der Waals surface area contributed by atoms with Crippen molar-refractivity contribution in [2.45, 2.75) is 13.5 Å². The predicted octanol–water partition coefficient (Wildman–Crippen LogP) is 2.15. The highest BCUT2D eigenvalue weighted by Gasteiger charge is 2.12. The van der Waals surface area contributed by atoms with Crippen molar-refractivity contribution >= 4 is 23.2 Å².